The molecular weight excluding hydrogens is 325 g/mol. The van der Waals surface area contributed by atoms with Crippen molar-refractivity contribution in [3.05, 3.63) is 48.1 Å². The summed E-state index contributed by atoms with van der Waals surface area (Å²) >= 11 is 0. The molecule has 0 aliphatic rings. The predicted molar refractivity (Wildman–Crippen MR) is 76.5 cm³/mol. The summed E-state index contributed by atoms with van der Waals surface area (Å²) in [6, 6.07) is 2.59. The molecule has 0 bridgehead atoms. The van der Waals surface area contributed by atoms with Gasteiger partial charge in [0.2, 0.25) is 5.95 Å². The Hall–Kier alpha value is -3.04. The van der Waals surface area contributed by atoms with Gasteiger partial charge in [0.25, 0.3) is 11.8 Å². The first-order chi connectivity index (χ1) is 11.5. The predicted octanol–water partition coefficient (Wildman–Crippen LogP) is 3.17. The van der Waals surface area contributed by atoms with Crippen LogP contribution in [-0.4, -0.2) is 25.1 Å². The molecule has 3 heterocycles. The number of nitrogens with one attached hydrogen (secondary N) is 1. The van der Waals surface area contributed by atoms with Crippen molar-refractivity contribution in [2.24, 2.45) is 0 Å². The number of halogens is 3. The monoisotopic (exact) mass is 336 g/mol. The van der Waals surface area contributed by atoms with E-state index in [2.05, 4.69) is 30.5 Å². The lowest BCUT2D eigenvalue weighted by Crippen LogP contribution is -2.10. The van der Waals surface area contributed by atoms with Crippen LogP contribution in [0.3, 0.4) is 0 Å². The Kier molecular flexibility index (Phi) is 4.36. The van der Waals surface area contributed by atoms with Crippen molar-refractivity contribution in [3.63, 3.8) is 0 Å². The molecule has 0 aromatic carbocycles. The summed E-state index contributed by atoms with van der Waals surface area (Å²) in [4.78, 5) is 12.1. The molecule has 0 fully saturated rings. The second-order valence-corrected chi connectivity index (χ2v) is 4.81. The quantitative estimate of drug-likeness (QED) is 0.765. The third-order valence-electron chi connectivity index (χ3n) is 3.07. The maximum absolute atomic E-state index is 12.9. The third-order valence-corrected chi connectivity index (χ3v) is 3.07. The van der Waals surface area contributed by atoms with Gasteiger partial charge in [-0.05, 0) is 19.1 Å². The van der Waals surface area contributed by atoms with Crippen LogP contribution in [0.25, 0.3) is 11.5 Å². The van der Waals surface area contributed by atoms with E-state index in [-0.39, 0.29) is 17.9 Å². The van der Waals surface area contributed by atoms with Crippen molar-refractivity contribution < 1.29 is 17.6 Å². The third kappa shape index (κ3) is 3.47. The summed E-state index contributed by atoms with van der Waals surface area (Å²) in [5.41, 5.74) is 0.926. The number of hydrogen-bond acceptors (Lipinski definition) is 7. The number of hydrogen-bond donors (Lipinski definition) is 1. The molecule has 1 N–H and O–H groups in total. The molecule has 0 aliphatic carbocycles. The molecule has 0 spiro atoms. The van der Waals surface area contributed by atoms with E-state index in [4.69, 9.17) is 4.42 Å². The van der Waals surface area contributed by atoms with Gasteiger partial charge in [-0.1, -0.05) is 0 Å². The van der Waals surface area contributed by atoms with E-state index in [1.165, 1.54) is 18.5 Å². The molecule has 0 saturated carbocycles. The highest BCUT2D eigenvalue weighted by Gasteiger charge is 2.17. The molecule has 0 aliphatic heterocycles. The van der Waals surface area contributed by atoms with Gasteiger partial charge in [-0.2, -0.15) is 8.78 Å². The molecule has 1 atom stereocenters. The van der Waals surface area contributed by atoms with E-state index in [1.54, 1.807) is 6.07 Å². The summed E-state index contributed by atoms with van der Waals surface area (Å²) < 4.78 is 42.5. The number of alkyl halides is 2. The molecule has 24 heavy (non-hydrogen) atoms. The fourth-order valence-electron chi connectivity index (χ4n) is 1.86. The van der Waals surface area contributed by atoms with E-state index in [0.717, 1.165) is 6.20 Å². The Morgan fingerprint density at radius 1 is 1.04 bits per heavy atom. The minimum Gasteiger partial charge on any atom is -0.415 e. The highest BCUT2D eigenvalue weighted by molar-refractivity contribution is 5.50. The van der Waals surface area contributed by atoms with Gasteiger partial charge in [-0.3, -0.25) is 4.98 Å². The van der Waals surface area contributed by atoms with Gasteiger partial charge in [-0.25, -0.2) is 14.4 Å². The average Bonchev–Trinajstić information content (AvgIpc) is 3.06. The van der Waals surface area contributed by atoms with Gasteiger partial charge in [-0.15, -0.1) is 10.2 Å². The zero-order chi connectivity index (χ0) is 17.1. The Morgan fingerprint density at radius 2 is 1.79 bits per heavy atom. The fourth-order valence-corrected chi connectivity index (χ4v) is 1.86. The van der Waals surface area contributed by atoms with E-state index in [1.807, 2.05) is 6.92 Å². The van der Waals surface area contributed by atoms with E-state index in [0.29, 0.717) is 11.3 Å². The van der Waals surface area contributed by atoms with Gasteiger partial charge < -0.3 is 9.73 Å². The van der Waals surface area contributed by atoms with Gasteiger partial charge in [0.15, 0.2) is 0 Å². The lowest BCUT2D eigenvalue weighted by molar-refractivity contribution is 0.116. The van der Waals surface area contributed by atoms with Crippen LogP contribution in [0.15, 0.2) is 35.1 Å². The SMILES string of the molecule is CC(Nc1ncc(-c2nnc(C(F)F)o2)cn1)c1ccc(F)cn1. The minimum absolute atomic E-state index is 0.0925. The van der Waals surface area contributed by atoms with Gasteiger partial charge in [0, 0.05) is 12.4 Å². The highest BCUT2D eigenvalue weighted by atomic mass is 19.3. The first-order valence-corrected chi connectivity index (χ1v) is 6.85. The normalized spacial score (nSPS) is 12.4. The highest BCUT2D eigenvalue weighted by Crippen LogP contribution is 2.23. The Balaban J connectivity index is 1.70. The number of pyridine rings is 1. The molecule has 124 valence electrons. The standard InChI is InChI=1S/C14H11F3N6O/c1-7(10-3-2-9(15)6-18-10)21-14-19-4-8(5-20-14)12-22-23-13(24-12)11(16)17/h2-7,11H,1H3,(H,19,20,21). The smallest absolute Gasteiger partial charge is 0.314 e. The van der Waals surface area contributed by atoms with Gasteiger partial charge in [0.1, 0.15) is 5.82 Å². The van der Waals surface area contributed by atoms with Crippen LogP contribution in [0.2, 0.25) is 0 Å². The zero-order valence-electron chi connectivity index (χ0n) is 12.3. The van der Waals surface area contributed by atoms with Gasteiger partial charge in [0.05, 0.1) is 23.5 Å². The first-order valence-electron chi connectivity index (χ1n) is 6.85. The fraction of sp³-hybridized carbons (Fsp3) is 0.214. The Morgan fingerprint density at radius 3 is 2.38 bits per heavy atom. The number of anilines is 1. The second kappa shape index (κ2) is 6.60. The van der Waals surface area contributed by atoms with Crippen molar-refractivity contribution in [2.75, 3.05) is 5.32 Å². The molecule has 7 nitrogen and oxygen atoms in total. The molecule has 10 heteroatoms. The van der Waals surface area contributed by atoms with Crippen LogP contribution >= 0.6 is 0 Å². The molecule has 0 amide bonds. The second-order valence-electron chi connectivity index (χ2n) is 4.81. The van der Waals surface area contributed by atoms with Crippen molar-refractivity contribution in [2.45, 2.75) is 19.4 Å². The Bertz CT molecular complexity index is 806. The molecule has 3 aromatic heterocycles. The van der Waals surface area contributed by atoms with Crippen LogP contribution in [0.5, 0.6) is 0 Å². The topological polar surface area (TPSA) is 89.6 Å². The molecule has 3 aromatic rings. The van der Waals surface area contributed by atoms with Crippen LogP contribution in [0, 0.1) is 5.82 Å². The summed E-state index contributed by atoms with van der Waals surface area (Å²) in [6.07, 6.45) is 1.01. The largest absolute Gasteiger partial charge is 0.415 e. The van der Waals surface area contributed by atoms with Crippen LogP contribution in [0.4, 0.5) is 19.1 Å². The Labute approximate surface area is 134 Å². The van der Waals surface area contributed by atoms with Crippen molar-refractivity contribution in [1.82, 2.24) is 25.1 Å². The molecule has 0 radical (unpaired) electrons. The van der Waals surface area contributed by atoms with E-state index >= 15 is 0 Å². The molecule has 0 saturated heterocycles. The van der Waals surface area contributed by atoms with Crippen molar-refractivity contribution >= 4 is 5.95 Å². The number of nitrogens with zero attached hydrogens (tertiary/aromatic N) is 5. The summed E-state index contributed by atoms with van der Waals surface area (Å²) in [5, 5.41) is 9.73. The average molecular weight is 336 g/mol. The lowest BCUT2D eigenvalue weighted by Gasteiger charge is -2.12. The van der Waals surface area contributed by atoms with Crippen LogP contribution in [-0.2, 0) is 0 Å². The zero-order valence-corrected chi connectivity index (χ0v) is 12.3. The minimum atomic E-state index is -2.84. The maximum atomic E-state index is 12.9. The van der Waals surface area contributed by atoms with Crippen molar-refractivity contribution in [1.29, 1.82) is 0 Å². The van der Waals surface area contributed by atoms with E-state index < -0.39 is 18.1 Å². The van der Waals surface area contributed by atoms with Crippen LogP contribution in [0.1, 0.15) is 31.0 Å². The maximum Gasteiger partial charge on any atom is 0.314 e. The lowest BCUT2D eigenvalue weighted by atomic mass is 10.2. The van der Waals surface area contributed by atoms with Crippen LogP contribution < -0.4 is 5.32 Å². The molecule has 1 unspecified atom stereocenters. The van der Waals surface area contributed by atoms with Gasteiger partial charge >= 0.3 is 6.43 Å². The van der Waals surface area contributed by atoms with Crippen molar-refractivity contribution in [3.8, 4) is 11.5 Å². The summed E-state index contributed by atoms with van der Waals surface area (Å²) in [6.45, 7) is 1.81. The summed E-state index contributed by atoms with van der Waals surface area (Å²) in [5.74, 6) is -0.992. The van der Waals surface area contributed by atoms with E-state index in [9.17, 15) is 13.2 Å². The first kappa shape index (κ1) is 15.8. The summed E-state index contributed by atoms with van der Waals surface area (Å²) in [7, 11) is 0. The number of rotatable bonds is 5. The molecule has 3 rings (SSSR count). The molecular formula is C14H11F3N6O. The number of aromatic nitrogens is 5.